The van der Waals surface area contributed by atoms with Crippen LogP contribution in [0.1, 0.15) is 46.0 Å². The first kappa shape index (κ1) is 16.3. The number of nitrogens with one attached hydrogen (secondary N) is 1. The molecule has 0 spiro atoms. The Labute approximate surface area is 122 Å². The van der Waals surface area contributed by atoms with E-state index >= 15 is 0 Å². The summed E-state index contributed by atoms with van der Waals surface area (Å²) in [5.41, 5.74) is 0. The van der Waals surface area contributed by atoms with E-state index in [4.69, 9.17) is 6.42 Å². The van der Waals surface area contributed by atoms with Crippen LogP contribution in [0.4, 0.5) is 0 Å². The molecule has 3 atom stereocenters. The molecule has 0 radical (unpaired) electrons. The van der Waals surface area contributed by atoms with Gasteiger partial charge in [-0.3, -0.25) is 0 Å². The van der Waals surface area contributed by atoms with Crippen LogP contribution in [0.15, 0.2) is 0 Å². The van der Waals surface area contributed by atoms with Crippen molar-refractivity contribution in [3.8, 4) is 12.3 Å². The second kappa shape index (κ2) is 10.1. The van der Waals surface area contributed by atoms with Gasteiger partial charge < -0.3 is 5.32 Å². The summed E-state index contributed by atoms with van der Waals surface area (Å²) in [5.74, 6) is 5.40. The van der Waals surface area contributed by atoms with E-state index < -0.39 is 0 Å². The van der Waals surface area contributed by atoms with Gasteiger partial charge in [-0.2, -0.15) is 23.5 Å². The van der Waals surface area contributed by atoms with E-state index in [0.29, 0.717) is 6.04 Å². The minimum Gasteiger partial charge on any atom is -0.313 e. The Morgan fingerprint density at radius 3 is 2.78 bits per heavy atom. The molecule has 0 saturated carbocycles. The predicted molar refractivity (Wildman–Crippen MR) is 87.5 cm³/mol. The van der Waals surface area contributed by atoms with Crippen LogP contribution in [0.2, 0.25) is 0 Å². The Balaban J connectivity index is 2.52. The summed E-state index contributed by atoms with van der Waals surface area (Å²) in [4.78, 5) is 0. The molecule has 1 aliphatic rings. The maximum absolute atomic E-state index is 5.37. The maximum atomic E-state index is 5.37. The highest BCUT2D eigenvalue weighted by atomic mass is 32.2. The molecule has 1 rings (SSSR count). The third-order valence-corrected chi connectivity index (χ3v) is 6.79. The minimum atomic E-state index is 0.654. The lowest BCUT2D eigenvalue weighted by atomic mass is 10.0. The van der Waals surface area contributed by atoms with Crippen LogP contribution >= 0.6 is 23.5 Å². The van der Waals surface area contributed by atoms with E-state index in [9.17, 15) is 0 Å². The zero-order chi connectivity index (χ0) is 13.2. The molecule has 0 aromatic heterocycles. The van der Waals surface area contributed by atoms with Crippen LogP contribution in [0.3, 0.4) is 0 Å². The summed E-state index contributed by atoms with van der Waals surface area (Å²) < 4.78 is 0. The maximum Gasteiger partial charge on any atom is 0.0320 e. The third-order valence-electron chi connectivity index (χ3n) is 3.38. The fourth-order valence-electron chi connectivity index (χ4n) is 2.45. The second-order valence-corrected chi connectivity index (χ2v) is 7.44. The van der Waals surface area contributed by atoms with Crippen molar-refractivity contribution < 1.29 is 0 Å². The normalized spacial score (nSPS) is 25.6. The van der Waals surface area contributed by atoms with Gasteiger partial charge in [0.25, 0.3) is 0 Å². The molecule has 1 N–H and O–H groups in total. The molecule has 0 aromatic rings. The Morgan fingerprint density at radius 1 is 1.33 bits per heavy atom. The number of hydrogen-bond acceptors (Lipinski definition) is 3. The van der Waals surface area contributed by atoms with Gasteiger partial charge in [-0.25, -0.2) is 0 Å². The Kier molecular flexibility index (Phi) is 9.10. The predicted octanol–water partition coefficient (Wildman–Crippen LogP) is 3.79. The first-order valence-corrected chi connectivity index (χ1v) is 9.33. The molecule has 0 amide bonds. The van der Waals surface area contributed by atoms with Crippen molar-refractivity contribution in [3.05, 3.63) is 0 Å². The van der Waals surface area contributed by atoms with Crippen molar-refractivity contribution in [1.82, 2.24) is 5.32 Å². The van der Waals surface area contributed by atoms with Crippen LogP contribution in [0.5, 0.6) is 0 Å². The van der Waals surface area contributed by atoms with E-state index in [1.165, 1.54) is 30.8 Å². The van der Waals surface area contributed by atoms with E-state index in [1.807, 2.05) is 0 Å². The summed E-state index contributed by atoms with van der Waals surface area (Å²) in [6.07, 6.45) is 11.2. The lowest BCUT2D eigenvalue weighted by Gasteiger charge is -2.36. The quantitative estimate of drug-likeness (QED) is 0.538. The van der Waals surface area contributed by atoms with Gasteiger partial charge in [0.05, 0.1) is 0 Å². The number of unbranched alkanes of at least 4 members (excludes halogenated alkanes) is 1. The summed E-state index contributed by atoms with van der Waals surface area (Å²) >= 11 is 4.35. The average molecular weight is 286 g/mol. The van der Waals surface area contributed by atoms with E-state index in [0.717, 1.165) is 29.9 Å². The molecule has 1 fully saturated rings. The van der Waals surface area contributed by atoms with Gasteiger partial charge in [0, 0.05) is 34.5 Å². The molecule has 1 aliphatic heterocycles. The molecule has 1 heterocycles. The summed E-state index contributed by atoms with van der Waals surface area (Å²) in [6, 6.07) is 0.654. The monoisotopic (exact) mass is 285 g/mol. The molecular formula is C15H27NS2. The van der Waals surface area contributed by atoms with E-state index in [1.54, 1.807) is 0 Å². The van der Waals surface area contributed by atoms with Crippen LogP contribution in [-0.4, -0.2) is 34.6 Å². The van der Waals surface area contributed by atoms with Crippen LogP contribution in [0, 0.1) is 12.3 Å². The Hall–Kier alpha value is 0.220. The van der Waals surface area contributed by atoms with Gasteiger partial charge in [0.2, 0.25) is 0 Å². The number of hydrogen-bond donors (Lipinski definition) is 1. The van der Waals surface area contributed by atoms with Crippen molar-refractivity contribution in [2.45, 2.75) is 62.5 Å². The van der Waals surface area contributed by atoms with Crippen molar-refractivity contribution in [1.29, 1.82) is 0 Å². The zero-order valence-corrected chi connectivity index (χ0v) is 13.4. The molecule has 18 heavy (non-hydrogen) atoms. The second-order valence-electron chi connectivity index (χ2n) is 4.81. The Bertz CT molecular complexity index is 249. The Morgan fingerprint density at radius 2 is 2.11 bits per heavy atom. The zero-order valence-electron chi connectivity index (χ0n) is 11.8. The summed E-state index contributed by atoms with van der Waals surface area (Å²) in [6.45, 7) is 5.71. The van der Waals surface area contributed by atoms with Crippen molar-refractivity contribution in [3.63, 3.8) is 0 Å². The molecule has 0 aromatic carbocycles. The highest BCUT2D eigenvalue weighted by Gasteiger charge is 2.31. The lowest BCUT2D eigenvalue weighted by Crippen LogP contribution is -2.45. The minimum absolute atomic E-state index is 0.654. The number of thioether (sulfide) groups is 2. The van der Waals surface area contributed by atoms with Gasteiger partial charge >= 0.3 is 0 Å². The van der Waals surface area contributed by atoms with Crippen LogP contribution in [-0.2, 0) is 0 Å². The van der Waals surface area contributed by atoms with Crippen molar-refractivity contribution in [2.24, 2.45) is 0 Å². The molecule has 0 aliphatic carbocycles. The molecule has 104 valence electrons. The van der Waals surface area contributed by atoms with Crippen LogP contribution < -0.4 is 5.32 Å². The van der Waals surface area contributed by atoms with Gasteiger partial charge in [0.15, 0.2) is 0 Å². The van der Waals surface area contributed by atoms with Gasteiger partial charge in [-0.1, -0.05) is 13.8 Å². The SMILES string of the molecule is C#CCCCC(NCCC)C1SCCSC1CC. The molecule has 3 heteroatoms. The van der Waals surface area contributed by atoms with Crippen molar-refractivity contribution in [2.75, 3.05) is 18.1 Å². The van der Waals surface area contributed by atoms with Gasteiger partial charge in [-0.15, -0.1) is 12.3 Å². The van der Waals surface area contributed by atoms with E-state index in [-0.39, 0.29) is 0 Å². The largest absolute Gasteiger partial charge is 0.313 e. The molecule has 1 nitrogen and oxygen atoms in total. The average Bonchev–Trinajstić information content (AvgIpc) is 2.42. The molecule has 1 saturated heterocycles. The highest BCUT2D eigenvalue weighted by molar-refractivity contribution is 8.07. The fourth-order valence-corrected chi connectivity index (χ4v) is 5.75. The van der Waals surface area contributed by atoms with Gasteiger partial charge in [-0.05, 0) is 32.2 Å². The van der Waals surface area contributed by atoms with Gasteiger partial charge in [0.1, 0.15) is 0 Å². The van der Waals surface area contributed by atoms with Crippen LogP contribution in [0.25, 0.3) is 0 Å². The topological polar surface area (TPSA) is 12.0 Å². The third kappa shape index (κ3) is 5.47. The first-order valence-electron chi connectivity index (χ1n) is 7.23. The first-order chi connectivity index (χ1) is 8.83. The smallest absolute Gasteiger partial charge is 0.0320 e. The molecule has 3 unspecified atom stereocenters. The summed E-state index contributed by atoms with van der Waals surface area (Å²) in [7, 11) is 0. The lowest BCUT2D eigenvalue weighted by molar-refractivity contribution is 0.445. The summed E-state index contributed by atoms with van der Waals surface area (Å²) in [5, 5.41) is 5.36. The highest BCUT2D eigenvalue weighted by Crippen LogP contribution is 2.36. The van der Waals surface area contributed by atoms with Crippen molar-refractivity contribution >= 4 is 23.5 Å². The van der Waals surface area contributed by atoms with E-state index in [2.05, 4.69) is 48.6 Å². The number of terminal acetylenes is 1. The fraction of sp³-hybridized carbons (Fsp3) is 0.867. The standard InChI is InChI=1S/C15H27NS2/c1-4-7-8-9-13(16-10-5-2)15-14(6-3)17-11-12-18-15/h1,13-16H,5-12H2,2-3H3. The molecular weight excluding hydrogens is 258 g/mol. The number of rotatable bonds is 8. The molecule has 0 bridgehead atoms.